The average Bonchev–Trinajstić information content (AvgIpc) is 3.92. The van der Waals surface area contributed by atoms with Crippen molar-refractivity contribution in [3.63, 3.8) is 0 Å². The predicted molar refractivity (Wildman–Crippen MR) is 190 cm³/mol. The molecule has 0 saturated heterocycles. The van der Waals surface area contributed by atoms with E-state index in [-0.39, 0.29) is 5.41 Å². The quantitative estimate of drug-likeness (QED) is 0.136. The van der Waals surface area contributed by atoms with Gasteiger partial charge in [0, 0.05) is 52.6 Å². The SMILES string of the molecule is O=C1C(=O)c2ccccc2/C1=C/c1cc2c(s1)-c1sc3c(sc4cc(/C=C5\C(=O)C(=O)c6ccccc65)sc43)c1C21CCCCC1. The minimum absolute atomic E-state index is 0.0278. The fraction of sp³-hybridized carbons (Fsp3) is 0.158. The van der Waals surface area contributed by atoms with Crippen molar-refractivity contribution in [3.05, 3.63) is 104 Å². The fourth-order valence-corrected chi connectivity index (χ4v) is 13.8. The molecule has 8 heteroatoms. The van der Waals surface area contributed by atoms with Gasteiger partial charge in [-0.2, -0.15) is 0 Å². The van der Waals surface area contributed by atoms with Gasteiger partial charge in [0.2, 0.25) is 23.1 Å². The molecule has 4 aliphatic rings. The molecule has 1 saturated carbocycles. The average molecular weight is 671 g/mol. The molecular weight excluding hydrogens is 649 g/mol. The Hall–Kier alpha value is -4.08. The van der Waals surface area contributed by atoms with Gasteiger partial charge in [-0.15, -0.1) is 45.3 Å². The Morgan fingerprint density at radius 2 is 1.13 bits per heavy atom. The van der Waals surface area contributed by atoms with Crippen molar-refractivity contribution in [3.8, 4) is 9.75 Å². The van der Waals surface area contributed by atoms with E-state index in [2.05, 4.69) is 12.1 Å². The van der Waals surface area contributed by atoms with E-state index in [0.717, 1.165) is 33.7 Å². The fourth-order valence-electron chi connectivity index (χ4n) is 8.02. The number of fused-ring (bicyclic) bond motifs is 11. The van der Waals surface area contributed by atoms with E-state index >= 15 is 0 Å². The summed E-state index contributed by atoms with van der Waals surface area (Å²) in [5.74, 6) is -1.69. The third-order valence-electron chi connectivity index (χ3n) is 10.1. The third kappa shape index (κ3) is 3.47. The maximum absolute atomic E-state index is 13.0. The maximum atomic E-state index is 13.0. The van der Waals surface area contributed by atoms with Gasteiger partial charge in [-0.05, 0) is 53.8 Å². The summed E-state index contributed by atoms with van der Waals surface area (Å²) in [6.45, 7) is 0. The first kappa shape index (κ1) is 27.1. The lowest BCUT2D eigenvalue weighted by Crippen LogP contribution is -2.27. The number of carbonyl (C=O) groups is 4. The Bertz CT molecular complexity index is 2480. The second-order valence-electron chi connectivity index (χ2n) is 12.5. The molecule has 4 aromatic heterocycles. The van der Waals surface area contributed by atoms with Gasteiger partial charge >= 0.3 is 0 Å². The molecule has 0 aliphatic heterocycles. The van der Waals surface area contributed by atoms with Gasteiger partial charge in [-0.1, -0.05) is 67.8 Å². The summed E-state index contributed by atoms with van der Waals surface area (Å²) in [6.07, 6.45) is 9.68. The molecule has 6 aromatic rings. The second kappa shape index (κ2) is 9.48. The van der Waals surface area contributed by atoms with Crippen LogP contribution in [0.5, 0.6) is 0 Å². The standard InChI is InChI=1S/C38H22O4S4/c39-29-22-10-4-2-8-20(22)24(31(29)41)14-18-16-26-33(43-18)35-28(38(26)12-6-1-7-13-38)36-37(46-35)34-27(45-36)17-19(44-34)15-25-21-9-3-5-11-23(21)30(40)32(25)42/h2-5,8-11,14-17H,1,6-7,12-13H2/b24-14-,25-15-. The highest BCUT2D eigenvalue weighted by molar-refractivity contribution is 7.40. The first-order valence-corrected chi connectivity index (χ1v) is 18.6. The van der Waals surface area contributed by atoms with Crippen LogP contribution in [-0.2, 0) is 15.0 Å². The van der Waals surface area contributed by atoms with Gasteiger partial charge in [-0.3, -0.25) is 19.2 Å². The molecule has 0 N–H and O–H groups in total. The monoisotopic (exact) mass is 670 g/mol. The van der Waals surface area contributed by atoms with E-state index < -0.39 is 23.1 Å². The van der Waals surface area contributed by atoms with E-state index in [1.165, 1.54) is 58.9 Å². The summed E-state index contributed by atoms with van der Waals surface area (Å²) in [5.41, 5.74) is 6.27. The van der Waals surface area contributed by atoms with E-state index in [9.17, 15) is 19.2 Å². The van der Waals surface area contributed by atoms with E-state index in [1.807, 2.05) is 65.2 Å². The molecular formula is C38H22O4S4. The zero-order valence-electron chi connectivity index (χ0n) is 24.2. The van der Waals surface area contributed by atoms with Crippen LogP contribution < -0.4 is 0 Å². The van der Waals surface area contributed by atoms with E-state index in [0.29, 0.717) is 22.3 Å². The zero-order chi connectivity index (χ0) is 30.9. The maximum Gasteiger partial charge on any atom is 0.234 e. The van der Waals surface area contributed by atoms with Crippen LogP contribution in [0.1, 0.15) is 84.8 Å². The molecule has 4 aliphatic carbocycles. The highest BCUT2D eigenvalue weighted by Gasteiger charge is 2.48. The molecule has 4 heterocycles. The topological polar surface area (TPSA) is 68.3 Å². The van der Waals surface area contributed by atoms with Crippen molar-refractivity contribution in [1.82, 2.24) is 0 Å². The number of hydrogen-bond acceptors (Lipinski definition) is 8. The van der Waals surface area contributed by atoms with Gasteiger partial charge in [0.15, 0.2) is 0 Å². The molecule has 1 fully saturated rings. The van der Waals surface area contributed by atoms with Crippen LogP contribution in [0, 0.1) is 0 Å². The number of Topliss-reactive ketones (excluding diaryl/α,β-unsaturated/α-hetero) is 4. The van der Waals surface area contributed by atoms with Crippen LogP contribution in [0.15, 0.2) is 60.7 Å². The van der Waals surface area contributed by atoms with Gasteiger partial charge in [0.1, 0.15) is 0 Å². The van der Waals surface area contributed by atoms with E-state index in [1.54, 1.807) is 40.9 Å². The van der Waals surface area contributed by atoms with Crippen LogP contribution >= 0.6 is 45.3 Å². The number of hydrogen-bond donors (Lipinski definition) is 0. The normalized spacial score (nSPS) is 19.7. The molecule has 0 unspecified atom stereocenters. The minimum atomic E-state index is -0.430. The predicted octanol–water partition coefficient (Wildman–Crippen LogP) is 10.1. The lowest BCUT2D eigenvalue weighted by Gasteiger charge is -2.35. The Balaban J connectivity index is 1.11. The van der Waals surface area contributed by atoms with Crippen molar-refractivity contribution in [2.45, 2.75) is 37.5 Å². The summed E-state index contributed by atoms with van der Waals surface area (Å²) in [4.78, 5) is 55.8. The molecule has 10 rings (SSSR count). The Morgan fingerprint density at radius 3 is 1.76 bits per heavy atom. The van der Waals surface area contributed by atoms with Crippen LogP contribution in [0.25, 0.3) is 51.9 Å². The summed E-state index contributed by atoms with van der Waals surface area (Å²) in [7, 11) is 0. The van der Waals surface area contributed by atoms with Crippen LogP contribution in [0.4, 0.5) is 0 Å². The Labute approximate surface area is 279 Å². The smallest absolute Gasteiger partial charge is 0.234 e. The molecule has 0 amide bonds. The van der Waals surface area contributed by atoms with Crippen LogP contribution in [0.2, 0.25) is 0 Å². The van der Waals surface area contributed by atoms with Crippen LogP contribution in [0.3, 0.4) is 0 Å². The van der Waals surface area contributed by atoms with Gasteiger partial charge in [0.05, 0.1) is 19.0 Å². The van der Waals surface area contributed by atoms with E-state index in [4.69, 9.17) is 0 Å². The molecule has 1 spiro atoms. The highest BCUT2D eigenvalue weighted by atomic mass is 32.1. The lowest BCUT2D eigenvalue weighted by atomic mass is 9.68. The first-order chi connectivity index (χ1) is 22.4. The summed E-state index contributed by atoms with van der Waals surface area (Å²) >= 11 is 7.16. The molecule has 222 valence electrons. The second-order valence-corrected chi connectivity index (χ2v) is 16.7. The van der Waals surface area contributed by atoms with Crippen LogP contribution in [-0.4, -0.2) is 23.1 Å². The molecule has 4 nitrogen and oxygen atoms in total. The van der Waals surface area contributed by atoms with Gasteiger partial charge in [-0.25, -0.2) is 0 Å². The first-order valence-electron chi connectivity index (χ1n) is 15.4. The van der Waals surface area contributed by atoms with Crippen molar-refractivity contribution in [2.75, 3.05) is 0 Å². The number of benzene rings is 2. The summed E-state index contributed by atoms with van der Waals surface area (Å²) < 4.78 is 5.16. The number of ketones is 4. The highest BCUT2D eigenvalue weighted by Crippen LogP contribution is 2.65. The van der Waals surface area contributed by atoms with Gasteiger partial charge in [0.25, 0.3) is 0 Å². The lowest BCUT2D eigenvalue weighted by molar-refractivity contribution is -0.110. The molecule has 0 radical (unpaired) electrons. The number of rotatable bonds is 2. The molecule has 2 aromatic carbocycles. The van der Waals surface area contributed by atoms with Crippen molar-refractivity contribution >= 4 is 111 Å². The molecule has 46 heavy (non-hydrogen) atoms. The summed E-state index contributed by atoms with van der Waals surface area (Å²) in [5, 5.41) is 0. The Kier molecular flexibility index (Phi) is 5.58. The van der Waals surface area contributed by atoms with Crippen molar-refractivity contribution in [1.29, 1.82) is 0 Å². The van der Waals surface area contributed by atoms with Crippen molar-refractivity contribution < 1.29 is 19.2 Å². The minimum Gasteiger partial charge on any atom is -0.285 e. The molecule has 0 atom stereocenters. The largest absolute Gasteiger partial charge is 0.285 e. The third-order valence-corrected chi connectivity index (χ3v) is 15.2. The van der Waals surface area contributed by atoms with Gasteiger partial charge < -0.3 is 0 Å². The molecule has 0 bridgehead atoms. The number of allylic oxidation sites excluding steroid dienone is 2. The number of thiophene rings is 4. The number of carbonyl (C=O) groups excluding carboxylic acids is 4. The van der Waals surface area contributed by atoms with Crippen molar-refractivity contribution in [2.24, 2.45) is 0 Å². The Morgan fingerprint density at radius 1 is 0.543 bits per heavy atom. The zero-order valence-corrected chi connectivity index (χ0v) is 27.5. The summed E-state index contributed by atoms with van der Waals surface area (Å²) in [6, 6.07) is 19.0.